The molecule has 0 aromatic heterocycles. The lowest BCUT2D eigenvalue weighted by Gasteiger charge is -2.21. The van der Waals surface area contributed by atoms with Crippen molar-refractivity contribution in [2.24, 2.45) is 0 Å². The molecule has 0 atom stereocenters. The second-order valence-corrected chi connectivity index (χ2v) is 8.75. The lowest BCUT2D eigenvalue weighted by Crippen LogP contribution is -2.12. The normalized spacial score (nSPS) is 11.8. The van der Waals surface area contributed by atoms with E-state index in [2.05, 4.69) is 0 Å². The van der Waals surface area contributed by atoms with Gasteiger partial charge in [0.15, 0.2) is 28.8 Å². The minimum atomic E-state index is -0.872. The molecule has 4 aromatic rings. The third-order valence-corrected chi connectivity index (χ3v) is 6.51. The summed E-state index contributed by atoms with van der Waals surface area (Å²) in [6.45, 7) is 1.56. The van der Waals surface area contributed by atoms with Crippen molar-refractivity contribution in [3.63, 3.8) is 0 Å². The van der Waals surface area contributed by atoms with Crippen molar-refractivity contribution in [2.75, 3.05) is 28.1 Å². The molecule has 9 nitrogen and oxygen atoms in total. The monoisotopic (exact) mass is 530 g/mol. The van der Waals surface area contributed by atoms with Crippen molar-refractivity contribution in [2.45, 2.75) is 13.5 Å². The number of phenolic OH excluding ortho intramolecular Hbond substituents is 1. The van der Waals surface area contributed by atoms with Gasteiger partial charge >= 0.3 is 5.97 Å². The number of methoxy groups -OCH3 is 3. The molecule has 9 heteroatoms. The third kappa shape index (κ3) is 4.52. The second kappa shape index (κ2) is 10.4. The number of ether oxygens (including phenoxy) is 6. The van der Waals surface area contributed by atoms with Crippen molar-refractivity contribution in [1.29, 1.82) is 0 Å². The van der Waals surface area contributed by atoms with Gasteiger partial charge < -0.3 is 33.5 Å². The summed E-state index contributed by atoms with van der Waals surface area (Å²) >= 11 is 0. The topological polar surface area (TPSA) is 110 Å². The fourth-order valence-electron chi connectivity index (χ4n) is 4.70. The molecule has 5 rings (SSSR count). The van der Waals surface area contributed by atoms with E-state index in [1.54, 1.807) is 24.3 Å². The molecule has 0 fully saturated rings. The highest BCUT2D eigenvalue weighted by atomic mass is 16.7. The number of hydrogen-bond acceptors (Lipinski definition) is 9. The predicted molar refractivity (Wildman–Crippen MR) is 142 cm³/mol. The van der Waals surface area contributed by atoms with Crippen LogP contribution in [0, 0.1) is 0 Å². The predicted octanol–water partition coefficient (Wildman–Crippen LogP) is 5.53. The highest BCUT2D eigenvalue weighted by molar-refractivity contribution is 6.20. The Morgan fingerprint density at radius 1 is 0.846 bits per heavy atom. The number of hydrogen-bond donors (Lipinski definition) is 1. The van der Waals surface area contributed by atoms with E-state index in [1.165, 1.54) is 28.3 Å². The van der Waals surface area contributed by atoms with Crippen LogP contribution >= 0.6 is 0 Å². The van der Waals surface area contributed by atoms with Gasteiger partial charge in [0.1, 0.15) is 23.7 Å². The summed E-state index contributed by atoms with van der Waals surface area (Å²) in [5.41, 5.74) is 1.39. The molecule has 0 unspecified atom stereocenters. The molecule has 0 amide bonds. The average Bonchev–Trinajstić information content (AvgIpc) is 3.42. The fourth-order valence-corrected chi connectivity index (χ4v) is 4.70. The Kier molecular flexibility index (Phi) is 6.89. The van der Waals surface area contributed by atoms with Crippen LogP contribution in [0.25, 0.3) is 21.9 Å². The van der Waals surface area contributed by atoms with Crippen LogP contribution in [0.3, 0.4) is 0 Å². The number of fused-ring (bicyclic) bond motifs is 2. The first-order chi connectivity index (χ1) is 18.9. The van der Waals surface area contributed by atoms with Gasteiger partial charge in [-0.05, 0) is 36.1 Å². The second-order valence-electron chi connectivity index (χ2n) is 8.75. The van der Waals surface area contributed by atoms with Gasteiger partial charge in [-0.25, -0.2) is 4.79 Å². The standard InChI is InChI=1S/C30H26O9/c1-16(31)26-27(18-10-22(34-2)23(35-3)11-19(18)29(32)28(26)30(33)36-4)20-12-24-25(39-15-38-24)13-21(20)37-14-17-8-6-5-7-9-17/h5-13,32H,14-15H2,1-4H3. The molecule has 0 aliphatic carbocycles. The summed E-state index contributed by atoms with van der Waals surface area (Å²) < 4.78 is 33.4. The summed E-state index contributed by atoms with van der Waals surface area (Å²) in [7, 11) is 4.12. The van der Waals surface area contributed by atoms with E-state index in [0.29, 0.717) is 45.3 Å². The van der Waals surface area contributed by atoms with Gasteiger partial charge in [-0.2, -0.15) is 0 Å². The average molecular weight is 531 g/mol. The van der Waals surface area contributed by atoms with Crippen molar-refractivity contribution in [3.8, 4) is 45.6 Å². The van der Waals surface area contributed by atoms with Crippen LogP contribution in [-0.2, 0) is 11.3 Å². The Morgan fingerprint density at radius 2 is 1.49 bits per heavy atom. The third-order valence-electron chi connectivity index (χ3n) is 6.51. The maximum Gasteiger partial charge on any atom is 0.342 e. The number of carbonyl (C=O) groups excluding carboxylic acids is 2. The van der Waals surface area contributed by atoms with Crippen LogP contribution < -0.4 is 23.7 Å². The van der Waals surface area contributed by atoms with E-state index in [4.69, 9.17) is 28.4 Å². The Hall–Kier alpha value is -4.92. The maximum atomic E-state index is 13.2. The van der Waals surface area contributed by atoms with Crippen LogP contribution in [0.1, 0.15) is 33.2 Å². The van der Waals surface area contributed by atoms with E-state index >= 15 is 0 Å². The Balaban J connectivity index is 1.88. The molecule has 0 radical (unpaired) electrons. The number of Topliss-reactive ketones (excluding diaryl/α,β-unsaturated/α-hetero) is 1. The lowest BCUT2D eigenvalue weighted by molar-refractivity contribution is 0.0594. The van der Waals surface area contributed by atoms with Crippen molar-refractivity contribution in [3.05, 3.63) is 71.3 Å². The Morgan fingerprint density at radius 3 is 2.10 bits per heavy atom. The molecule has 200 valence electrons. The quantitative estimate of drug-likeness (QED) is 0.232. The number of phenols is 1. The molecular formula is C30H26O9. The number of benzene rings is 4. The highest BCUT2D eigenvalue weighted by Gasteiger charge is 2.31. The minimum Gasteiger partial charge on any atom is -0.506 e. The molecule has 4 aromatic carbocycles. The largest absolute Gasteiger partial charge is 0.506 e. The first kappa shape index (κ1) is 25.7. The van der Waals surface area contributed by atoms with Crippen LogP contribution in [0.4, 0.5) is 0 Å². The minimum absolute atomic E-state index is 0.0191. The van der Waals surface area contributed by atoms with E-state index < -0.39 is 17.5 Å². The first-order valence-electron chi connectivity index (χ1n) is 12.0. The molecule has 0 saturated heterocycles. The van der Waals surface area contributed by atoms with Gasteiger partial charge in [-0.1, -0.05) is 30.3 Å². The molecule has 1 aliphatic rings. The molecule has 0 bridgehead atoms. The van der Waals surface area contributed by atoms with E-state index in [0.717, 1.165) is 5.56 Å². The summed E-state index contributed by atoms with van der Waals surface area (Å²) in [6.07, 6.45) is 0. The smallest absolute Gasteiger partial charge is 0.342 e. The van der Waals surface area contributed by atoms with Crippen LogP contribution in [0.2, 0.25) is 0 Å². The Bertz CT molecular complexity index is 1590. The van der Waals surface area contributed by atoms with Gasteiger partial charge in [0.05, 0.1) is 21.3 Å². The number of rotatable bonds is 8. The molecule has 1 aliphatic heterocycles. The van der Waals surface area contributed by atoms with E-state index in [9.17, 15) is 14.7 Å². The zero-order valence-corrected chi connectivity index (χ0v) is 21.8. The number of aromatic hydroxyl groups is 1. The highest BCUT2D eigenvalue weighted by Crippen LogP contribution is 2.50. The van der Waals surface area contributed by atoms with Crippen LogP contribution in [0.15, 0.2) is 54.6 Å². The molecule has 0 spiro atoms. The zero-order chi connectivity index (χ0) is 27.7. The van der Waals surface area contributed by atoms with Crippen LogP contribution in [0.5, 0.6) is 34.5 Å². The number of esters is 1. The number of carbonyl (C=O) groups is 2. The van der Waals surface area contributed by atoms with Gasteiger partial charge in [0, 0.05) is 28.1 Å². The zero-order valence-electron chi connectivity index (χ0n) is 21.8. The molecule has 0 saturated carbocycles. The molecule has 39 heavy (non-hydrogen) atoms. The summed E-state index contributed by atoms with van der Waals surface area (Å²) in [5, 5.41) is 12.0. The molecular weight excluding hydrogens is 504 g/mol. The van der Waals surface area contributed by atoms with Gasteiger partial charge in [-0.15, -0.1) is 0 Å². The molecule has 1 heterocycles. The van der Waals surface area contributed by atoms with Gasteiger partial charge in [0.25, 0.3) is 0 Å². The summed E-state index contributed by atoms with van der Waals surface area (Å²) in [6, 6.07) is 16.1. The van der Waals surface area contributed by atoms with Crippen molar-refractivity contribution >= 4 is 22.5 Å². The fraction of sp³-hybridized carbons (Fsp3) is 0.200. The molecule has 1 N–H and O–H groups in total. The summed E-state index contributed by atoms with van der Waals surface area (Å²) in [5.74, 6) is 0.214. The van der Waals surface area contributed by atoms with Gasteiger partial charge in [-0.3, -0.25) is 4.79 Å². The summed E-state index contributed by atoms with van der Waals surface area (Å²) in [4.78, 5) is 26.2. The SMILES string of the molecule is COC(=O)c1c(C(C)=O)c(-c2cc3c(cc2OCc2ccccc2)OCO3)c2cc(OC)c(OC)cc2c1O. The van der Waals surface area contributed by atoms with E-state index in [-0.39, 0.29) is 29.9 Å². The lowest BCUT2D eigenvalue weighted by atomic mass is 9.86. The first-order valence-corrected chi connectivity index (χ1v) is 12.0. The van der Waals surface area contributed by atoms with Crippen LogP contribution in [-0.4, -0.2) is 45.0 Å². The van der Waals surface area contributed by atoms with Crippen molar-refractivity contribution in [1.82, 2.24) is 0 Å². The van der Waals surface area contributed by atoms with Crippen molar-refractivity contribution < 1.29 is 43.1 Å². The van der Waals surface area contributed by atoms with E-state index in [1.807, 2.05) is 30.3 Å². The van der Waals surface area contributed by atoms with Gasteiger partial charge in [0.2, 0.25) is 6.79 Å². The Labute approximate surface area is 224 Å². The number of ketones is 1. The maximum absolute atomic E-state index is 13.2.